The van der Waals surface area contributed by atoms with E-state index in [1.165, 1.54) is 0 Å². The molecule has 0 unspecified atom stereocenters. The topological polar surface area (TPSA) is 52.1 Å². The molecule has 14 heavy (non-hydrogen) atoms. The highest BCUT2D eigenvalue weighted by Gasteiger charge is 2.10. The Morgan fingerprint density at radius 2 is 2.14 bits per heavy atom. The molecule has 0 amide bonds. The van der Waals surface area contributed by atoms with Crippen LogP contribution in [0.3, 0.4) is 0 Å². The number of esters is 1. The molecule has 76 valence electrons. The molecule has 1 heterocycles. The lowest BCUT2D eigenvalue weighted by Crippen LogP contribution is -2.10. The Morgan fingerprint density at radius 1 is 1.43 bits per heavy atom. The summed E-state index contributed by atoms with van der Waals surface area (Å²) in [4.78, 5) is 19.5. The van der Waals surface area contributed by atoms with Gasteiger partial charge in [-0.05, 0) is 26.3 Å². The fourth-order valence-electron chi connectivity index (χ4n) is 1.12. The summed E-state index contributed by atoms with van der Waals surface area (Å²) in [6, 6.07) is 1.67. The molecule has 0 N–H and O–H groups in total. The normalized spacial score (nSPS) is 9.93. The van der Waals surface area contributed by atoms with Gasteiger partial charge >= 0.3 is 5.97 Å². The van der Waals surface area contributed by atoms with Crippen LogP contribution in [0.25, 0.3) is 0 Å². The second-order valence-electron chi connectivity index (χ2n) is 2.87. The minimum absolute atomic E-state index is 0.344. The Hall–Kier alpha value is -1.45. The standard InChI is InChI=1S/C10H14N2O2/c1-4-8-6-9(10(13)14-5-2)12-7(3)11-8/h6H,4-5H2,1-3H3. The van der Waals surface area contributed by atoms with Gasteiger partial charge in [0.25, 0.3) is 0 Å². The number of aryl methyl sites for hydroxylation is 2. The fourth-order valence-corrected chi connectivity index (χ4v) is 1.12. The van der Waals surface area contributed by atoms with Crippen molar-refractivity contribution in [3.63, 3.8) is 0 Å². The van der Waals surface area contributed by atoms with E-state index in [9.17, 15) is 4.79 Å². The van der Waals surface area contributed by atoms with Gasteiger partial charge in [0.2, 0.25) is 0 Å². The minimum Gasteiger partial charge on any atom is -0.461 e. The van der Waals surface area contributed by atoms with E-state index in [1.807, 2.05) is 6.92 Å². The molecule has 1 rings (SSSR count). The van der Waals surface area contributed by atoms with E-state index in [-0.39, 0.29) is 5.97 Å². The van der Waals surface area contributed by atoms with Crippen molar-refractivity contribution in [1.29, 1.82) is 0 Å². The number of ether oxygens (including phenoxy) is 1. The van der Waals surface area contributed by atoms with Crippen LogP contribution in [-0.2, 0) is 11.2 Å². The maximum absolute atomic E-state index is 11.4. The van der Waals surface area contributed by atoms with E-state index in [4.69, 9.17) is 4.74 Å². The first-order valence-electron chi connectivity index (χ1n) is 4.69. The van der Waals surface area contributed by atoms with E-state index in [0.29, 0.717) is 18.1 Å². The fraction of sp³-hybridized carbons (Fsp3) is 0.500. The highest BCUT2D eigenvalue weighted by molar-refractivity contribution is 5.87. The van der Waals surface area contributed by atoms with E-state index in [0.717, 1.165) is 12.1 Å². The van der Waals surface area contributed by atoms with Gasteiger partial charge in [-0.3, -0.25) is 0 Å². The van der Waals surface area contributed by atoms with Gasteiger partial charge in [0.05, 0.1) is 6.61 Å². The van der Waals surface area contributed by atoms with Crippen molar-refractivity contribution in [2.75, 3.05) is 6.61 Å². The van der Waals surface area contributed by atoms with Gasteiger partial charge in [-0.15, -0.1) is 0 Å². The predicted octanol–water partition coefficient (Wildman–Crippen LogP) is 1.52. The zero-order valence-corrected chi connectivity index (χ0v) is 8.70. The van der Waals surface area contributed by atoms with Gasteiger partial charge in [-0.2, -0.15) is 0 Å². The molecule has 4 heteroatoms. The zero-order valence-electron chi connectivity index (χ0n) is 8.70. The van der Waals surface area contributed by atoms with Crippen LogP contribution in [0.1, 0.15) is 35.9 Å². The summed E-state index contributed by atoms with van der Waals surface area (Å²) in [5.41, 5.74) is 1.21. The lowest BCUT2D eigenvalue weighted by atomic mass is 10.2. The smallest absolute Gasteiger partial charge is 0.357 e. The summed E-state index contributed by atoms with van der Waals surface area (Å²) in [5.74, 6) is 0.222. The van der Waals surface area contributed by atoms with Crippen LogP contribution in [0.4, 0.5) is 0 Å². The number of rotatable bonds is 3. The van der Waals surface area contributed by atoms with Gasteiger partial charge in [0.15, 0.2) is 5.69 Å². The molecule has 0 aliphatic heterocycles. The quantitative estimate of drug-likeness (QED) is 0.684. The summed E-state index contributed by atoms with van der Waals surface area (Å²) in [5, 5.41) is 0. The van der Waals surface area contributed by atoms with Gasteiger partial charge in [0, 0.05) is 5.69 Å². The highest BCUT2D eigenvalue weighted by atomic mass is 16.5. The Balaban J connectivity index is 2.96. The average Bonchev–Trinajstić information content (AvgIpc) is 2.17. The summed E-state index contributed by atoms with van der Waals surface area (Å²) >= 11 is 0. The summed E-state index contributed by atoms with van der Waals surface area (Å²) < 4.78 is 4.85. The molecule has 1 aromatic rings. The second kappa shape index (κ2) is 4.69. The SMILES string of the molecule is CCOC(=O)c1cc(CC)nc(C)n1. The monoisotopic (exact) mass is 194 g/mol. The van der Waals surface area contributed by atoms with Crippen LogP contribution >= 0.6 is 0 Å². The van der Waals surface area contributed by atoms with Crippen molar-refractivity contribution in [2.24, 2.45) is 0 Å². The second-order valence-corrected chi connectivity index (χ2v) is 2.87. The van der Waals surface area contributed by atoms with Gasteiger partial charge in [-0.25, -0.2) is 14.8 Å². The number of carbonyl (C=O) groups excluding carboxylic acids is 1. The van der Waals surface area contributed by atoms with E-state index < -0.39 is 0 Å². The molecule has 0 fully saturated rings. The third-order valence-corrected chi connectivity index (χ3v) is 1.74. The largest absolute Gasteiger partial charge is 0.461 e. The van der Waals surface area contributed by atoms with Crippen molar-refractivity contribution in [3.8, 4) is 0 Å². The highest BCUT2D eigenvalue weighted by Crippen LogP contribution is 2.03. The molecule has 0 saturated carbocycles. The Morgan fingerprint density at radius 3 is 2.71 bits per heavy atom. The van der Waals surface area contributed by atoms with Crippen molar-refractivity contribution in [1.82, 2.24) is 9.97 Å². The molecular weight excluding hydrogens is 180 g/mol. The van der Waals surface area contributed by atoms with Crippen molar-refractivity contribution < 1.29 is 9.53 Å². The Bertz CT molecular complexity index is 337. The van der Waals surface area contributed by atoms with Gasteiger partial charge < -0.3 is 4.74 Å². The van der Waals surface area contributed by atoms with Crippen LogP contribution in [0.2, 0.25) is 0 Å². The van der Waals surface area contributed by atoms with Crippen molar-refractivity contribution in [2.45, 2.75) is 27.2 Å². The van der Waals surface area contributed by atoms with Crippen LogP contribution in [-0.4, -0.2) is 22.5 Å². The first-order chi connectivity index (χ1) is 6.67. The summed E-state index contributed by atoms with van der Waals surface area (Å²) in [6.07, 6.45) is 0.787. The molecule has 4 nitrogen and oxygen atoms in total. The van der Waals surface area contributed by atoms with Gasteiger partial charge in [-0.1, -0.05) is 6.92 Å². The Labute approximate surface area is 83.3 Å². The first-order valence-corrected chi connectivity index (χ1v) is 4.69. The lowest BCUT2D eigenvalue weighted by molar-refractivity contribution is 0.0518. The molecule has 0 spiro atoms. The molecule has 0 aromatic carbocycles. The third-order valence-electron chi connectivity index (χ3n) is 1.74. The number of nitrogens with zero attached hydrogens (tertiary/aromatic N) is 2. The molecule has 0 saturated heterocycles. The van der Waals surface area contributed by atoms with E-state index >= 15 is 0 Å². The number of carbonyl (C=O) groups is 1. The molecule has 0 aliphatic rings. The average molecular weight is 194 g/mol. The molecule has 0 atom stereocenters. The van der Waals surface area contributed by atoms with Crippen LogP contribution < -0.4 is 0 Å². The van der Waals surface area contributed by atoms with Gasteiger partial charge in [0.1, 0.15) is 5.82 Å². The molecule has 1 aromatic heterocycles. The maximum Gasteiger partial charge on any atom is 0.357 e. The molecule has 0 bridgehead atoms. The predicted molar refractivity (Wildman–Crippen MR) is 52.1 cm³/mol. The number of hydrogen-bond acceptors (Lipinski definition) is 4. The van der Waals surface area contributed by atoms with Crippen LogP contribution in [0, 0.1) is 6.92 Å². The summed E-state index contributed by atoms with van der Waals surface area (Å²) in [7, 11) is 0. The molecular formula is C10H14N2O2. The zero-order chi connectivity index (χ0) is 10.6. The summed E-state index contributed by atoms with van der Waals surface area (Å²) in [6.45, 7) is 5.88. The van der Waals surface area contributed by atoms with Crippen LogP contribution in [0.5, 0.6) is 0 Å². The first kappa shape index (κ1) is 10.6. The van der Waals surface area contributed by atoms with Crippen molar-refractivity contribution in [3.05, 3.63) is 23.3 Å². The number of hydrogen-bond donors (Lipinski definition) is 0. The Kier molecular flexibility index (Phi) is 3.56. The maximum atomic E-state index is 11.4. The third kappa shape index (κ3) is 2.52. The number of aromatic nitrogens is 2. The molecule has 0 aliphatic carbocycles. The van der Waals surface area contributed by atoms with Crippen molar-refractivity contribution >= 4 is 5.97 Å². The van der Waals surface area contributed by atoms with E-state index in [1.54, 1.807) is 19.9 Å². The molecule has 0 radical (unpaired) electrons. The lowest BCUT2D eigenvalue weighted by Gasteiger charge is -2.03. The van der Waals surface area contributed by atoms with E-state index in [2.05, 4.69) is 9.97 Å². The van der Waals surface area contributed by atoms with Crippen LogP contribution in [0.15, 0.2) is 6.07 Å². The minimum atomic E-state index is -0.382.